The quantitative estimate of drug-likeness (QED) is 0.404. The first-order valence-corrected chi connectivity index (χ1v) is 10.0. The molecule has 0 amide bonds. The van der Waals surface area contributed by atoms with E-state index in [-0.39, 0.29) is 24.0 Å². The average molecular weight is 470 g/mol. The predicted octanol–water partition coefficient (Wildman–Crippen LogP) is 3.79. The van der Waals surface area contributed by atoms with Crippen molar-refractivity contribution in [3.05, 3.63) is 35.9 Å². The van der Waals surface area contributed by atoms with Crippen LogP contribution in [0.4, 0.5) is 0 Å². The Bertz CT molecular complexity index is 540. The summed E-state index contributed by atoms with van der Waals surface area (Å²) in [6.07, 6.45) is 5.13. The molecular weight excluding hydrogens is 435 g/mol. The first-order valence-electron chi connectivity index (χ1n) is 10.0. The van der Waals surface area contributed by atoms with Gasteiger partial charge in [0.05, 0.1) is 0 Å². The summed E-state index contributed by atoms with van der Waals surface area (Å²) in [6.45, 7) is 9.32. The molecule has 0 aromatic heterocycles. The first-order chi connectivity index (χ1) is 12.3. The maximum atomic E-state index is 4.55. The molecule has 0 aliphatic carbocycles. The Morgan fingerprint density at radius 1 is 1.12 bits per heavy atom. The Morgan fingerprint density at radius 2 is 1.85 bits per heavy atom. The lowest BCUT2D eigenvalue weighted by atomic mass is 9.97. The topological polar surface area (TPSA) is 30.9 Å². The van der Waals surface area contributed by atoms with Crippen molar-refractivity contribution in [2.24, 2.45) is 10.9 Å². The third-order valence-electron chi connectivity index (χ3n) is 5.77. The molecule has 3 rings (SSSR count). The normalized spacial score (nSPS) is 22.3. The van der Waals surface area contributed by atoms with Crippen molar-refractivity contribution in [2.45, 2.75) is 38.5 Å². The van der Waals surface area contributed by atoms with E-state index in [1.54, 1.807) is 0 Å². The molecule has 1 unspecified atom stereocenters. The van der Waals surface area contributed by atoms with Crippen LogP contribution in [0.2, 0.25) is 0 Å². The van der Waals surface area contributed by atoms with Crippen molar-refractivity contribution >= 4 is 29.9 Å². The van der Waals surface area contributed by atoms with E-state index in [0.29, 0.717) is 5.92 Å². The lowest BCUT2D eigenvalue weighted by Gasteiger charge is -2.32. The van der Waals surface area contributed by atoms with Crippen molar-refractivity contribution in [1.29, 1.82) is 0 Å². The minimum Gasteiger partial charge on any atom is -0.356 e. The minimum atomic E-state index is 0. The van der Waals surface area contributed by atoms with Gasteiger partial charge in [0.1, 0.15) is 0 Å². The Balaban J connectivity index is 0.00000243. The number of guanidine groups is 1. The van der Waals surface area contributed by atoms with Gasteiger partial charge in [0, 0.05) is 32.6 Å². The molecule has 1 aromatic carbocycles. The maximum Gasteiger partial charge on any atom is 0.193 e. The summed E-state index contributed by atoms with van der Waals surface area (Å²) in [5.74, 6) is 2.52. The highest BCUT2D eigenvalue weighted by Crippen LogP contribution is 2.27. The van der Waals surface area contributed by atoms with E-state index in [1.165, 1.54) is 50.9 Å². The zero-order valence-electron chi connectivity index (χ0n) is 16.4. The summed E-state index contributed by atoms with van der Waals surface area (Å²) in [7, 11) is 1.92. The summed E-state index contributed by atoms with van der Waals surface area (Å²) >= 11 is 0. The second kappa shape index (κ2) is 11.1. The van der Waals surface area contributed by atoms with E-state index < -0.39 is 0 Å². The van der Waals surface area contributed by atoms with Crippen LogP contribution in [0.25, 0.3) is 0 Å². The third-order valence-corrected chi connectivity index (χ3v) is 5.77. The number of likely N-dealkylation sites (tertiary alicyclic amines) is 2. The maximum absolute atomic E-state index is 4.55. The highest BCUT2D eigenvalue weighted by molar-refractivity contribution is 14.0. The van der Waals surface area contributed by atoms with Gasteiger partial charge >= 0.3 is 0 Å². The number of nitrogens with zero attached hydrogens (tertiary/aromatic N) is 3. The molecule has 1 atom stereocenters. The predicted molar refractivity (Wildman–Crippen MR) is 122 cm³/mol. The Hall–Kier alpha value is -0.820. The van der Waals surface area contributed by atoms with Crippen LogP contribution in [0.1, 0.15) is 44.1 Å². The second-order valence-corrected chi connectivity index (χ2v) is 7.56. The van der Waals surface area contributed by atoms with Crippen LogP contribution in [0, 0.1) is 5.92 Å². The van der Waals surface area contributed by atoms with Crippen molar-refractivity contribution in [3.63, 3.8) is 0 Å². The van der Waals surface area contributed by atoms with Crippen molar-refractivity contribution in [2.75, 3.05) is 46.3 Å². The van der Waals surface area contributed by atoms with Crippen LogP contribution in [0.3, 0.4) is 0 Å². The van der Waals surface area contributed by atoms with Crippen molar-refractivity contribution in [1.82, 2.24) is 15.1 Å². The number of benzene rings is 1. The van der Waals surface area contributed by atoms with Crippen LogP contribution in [-0.2, 0) is 0 Å². The number of aliphatic imine (C=N–C) groups is 1. The summed E-state index contributed by atoms with van der Waals surface area (Å²) in [4.78, 5) is 9.59. The van der Waals surface area contributed by atoms with Gasteiger partial charge in [0.15, 0.2) is 5.96 Å². The molecule has 0 bridgehead atoms. The molecule has 5 heteroatoms. The fourth-order valence-electron chi connectivity index (χ4n) is 4.25. The summed E-state index contributed by atoms with van der Waals surface area (Å²) in [5, 5.41) is 3.66. The number of rotatable bonds is 5. The van der Waals surface area contributed by atoms with Crippen molar-refractivity contribution < 1.29 is 0 Å². The Labute approximate surface area is 176 Å². The zero-order valence-corrected chi connectivity index (χ0v) is 18.7. The molecule has 2 saturated heterocycles. The molecule has 2 fully saturated rings. The smallest absolute Gasteiger partial charge is 0.193 e. The van der Waals surface area contributed by atoms with Crippen LogP contribution in [0.5, 0.6) is 0 Å². The number of hydrogen-bond donors (Lipinski definition) is 1. The highest BCUT2D eigenvalue weighted by atomic mass is 127. The SMILES string of the molecule is CCCN1CCC(CNC(=NC)N2CCC(c3ccccc3)C2)CC1.I. The standard InChI is InChI=1S/C21H34N4.HI/c1-3-12-24-13-9-18(10-14-24)16-23-21(22-2)25-15-11-20(17-25)19-7-5-4-6-8-19;/h4-8,18,20H,3,9-17H2,1-2H3,(H,22,23);1H. The van der Waals surface area contributed by atoms with Gasteiger partial charge in [-0.2, -0.15) is 0 Å². The molecule has 0 spiro atoms. The zero-order chi connectivity index (χ0) is 17.5. The van der Waals surface area contributed by atoms with E-state index in [0.717, 1.165) is 31.5 Å². The number of hydrogen-bond acceptors (Lipinski definition) is 2. The molecule has 1 aromatic rings. The van der Waals surface area contributed by atoms with Gasteiger partial charge in [-0.05, 0) is 56.8 Å². The van der Waals surface area contributed by atoms with E-state index in [2.05, 4.69) is 57.4 Å². The fourth-order valence-corrected chi connectivity index (χ4v) is 4.25. The molecule has 26 heavy (non-hydrogen) atoms. The van der Waals surface area contributed by atoms with Crippen LogP contribution in [-0.4, -0.2) is 62.1 Å². The fraction of sp³-hybridized carbons (Fsp3) is 0.667. The van der Waals surface area contributed by atoms with Gasteiger partial charge in [-0.15, -0.1) is 24.0 Å². The molecule has 2 aliphatic heterocycles. The third kappa shape index (κ3) is 5.84. The van der Waals surface area contributed by atoms with Crippen LogP contribution >= 0.6 is 24.0 Å². The lowest BCUT2D eigenvalue weighted by molar-refractivity contribution is 0.185. The van der Waals surface area contributed by atoms with E-state index in [1.807, 2.05) is 7.05 Å². The van der Waals surface area contributed by atoms with Crippen LogP contribution < -0.4 is 5.32 Å². The number of halogens is 1. The van der Waals surface area contributed by atoms with Gasteiger partial charge in [0.25, 0.3) is 0 Å². The molecule has 0 radical (unpaired) electrons. The Kier molecular flexibility index (Phi) is 9.19. The lowest BCUT2D eigenvalue weighted by Crippen LogP contribution is -2.44. The van der Waals surface area contributed by atoms with E-state index >= 15 is 0 Å². The molecular formula is C21H35IN4. The van der Waals surface area contributed by atoms with Crippen molar-refractivity contribution in [3.8, 4) is 0 Å². The van der Waals surface area contributed by atoms with E-state index in [4.69, 9.17) is 0 Å². The largest absolute Gasteiger partial charge is 0.356 e. The van der Waals surface area contributed by atoms with Crippen LogP contribution in [0.15, 0.2) is 35.3 Å². The Morgan fingerprint density at radius 3 is 2.50 bits per heavy atom. The minimum absolute atomic E-state index is 0. The summed E-state index contributed by atoms with van der Waals surface area (Å²) in [6, 6.07) is 10.9. The molecule has 2 heterocycles. The summed E-state index contributed by atoms with van der Waals surface area (Å²) < 4.78 is 0. The number of piperidine rings is 1. The average Bonchev–Trinajstić information content (AvgIpc) is 3.15. The van der Waals surface area contributed by atoms with Gasteiger partial charge < -0.3 is 15.1 Å². The van der Waals surface area contributed by atoms with Gasteiger partial charge in [-0.25, -0.2) is 0 Å². The van der Waals surface area contributed by atoms with Gasteiger partial charge in [0.2, 0.25) is 0 Å². The molecule has 146 valence electrons. The molecule has 0 saturated carbocycles. The number of nitrogens with one attached hydrogen (secondary N) is 1. The summed E-state index contributed by atoms with van der Waals surface area (Å²) in [5.41, 5.74) is 1.46. The molecule has 4 nitrogen and oxygen atoms in total. The second-order valence-electron chi connectivity index (χ2n) is 7.56. The monoisotopic (exact) mass is 470 g/mol. The van der Waals surface area contributed by atoms with Gasteiger partial charge in [-0.1, -0.05) is 37.3 Å². The highest BCUT2D eigenvalue weighted by Gasteiger charge is 2.26. The molecule has 1 N–H and O–H groups in total. The first kappa shape index (κ1) is 21.5. The van der Waals surface area contributed by atoms with Gasteiger partial charge in [-0.3, -0.25) is 4.99 Å². The van der Waals surface area contributed by atoms with E-state index in [9.17, 15) is 0 Å². The molecule has 2 aliphatic rings.